The molecule has 0 aromatic carbocycles. The molecule has 0 aliphatic carbocycles. The maximum Gasteiger partial charge on any atom is 0.326 e. The number of hydrogen-bond acceptors (Lipinski definition) is 2. The molecule has 2 heterocycles. The Hall–Kier alpha value is -1.26. The molecule has 2 rings (SSSR count). The van der Waals surface area contributed by atoms with Crippen molar-refractivity contribution >= 4 is 12.0 Å². The largest absolute Gasteiger partial charge is 0.480 e. The van der Waals surface area contributed by atoms with E-state index in [1.807, 2.05) is 4.90 Å². The summed E-state index contributed by atoms with van der Waals surface area (Å²) in [6.07, 6.45) is 4.38. The van der Waals surface area contributed by atoms with Crippen molar-refractivity contribution in [2.45, 2.75) is 64.1 Å². The van der Waals surface area contributed by atoms with Crippen LogP contribution in [-0.4, -0.2) is 51.6 Å². The van der Waals surface area contributed by atoms with Crippen LogP contribution < -0.4 is 0 Å². The molecule has 3 atom stereocenters. The Morgan fingerprint density at radius 1 is 1.28 bits per heavy atom. The molecular weight excluding hydrogens is 232 g/mol. The zero-order chi connectivity index (χ0) is 13.3. The Labute approximate surface area is 108 Å². The Morgan fingerprint density at radius 3 is 2.61 bits per heavy atom. The highest BCUT2D eigenvalue weighted by atomic mass is 16.4. The van der Waals surface area contributed by atoms with E-state index in [4.69, 9.17) is 5.11 Å². The third-order valence-corrected chi connectivity index (χ3v) is 4.26. The topological polar surface area (TPSA) is 60.9 Å². The first-order valence-corrected chi connectivity index (χ1v) is 6.88. The molecule has 2 unspecified atom stereocenters. The molecule has 1 N–H and O–H groups in total. The number of nitrogens with zero attached hydrogens (tertiary/aromatic N) is 2. The van der Waals surface area contributed by atoms with Gasteiger partial charge in [0.1, 0.15) is 6.04 Å². The lowest BCUT2D eigenvalue weighted by Gasteiger charge is -2.34. The lowest BCUT2D eigenvalue weighted by atomic mass is 10.1. The van der Waals surface area contributed by atoms with Crippen LogP contribution >= 0.6 is 0 Å². The monoisotopic (exact) mass is 254 g/mol. The quantitative estimate of drug-likeness (QED) is 0.819. The molecule has 2 aliphatic rings. The van der Waals surface area contributed by atoms with Crippen molar-refractivity contribution in [3.63, 3.8) is 0 Å². The van der Waals surface area contributed by atoms with E-state index in [1.54, 1.807) is 4.90 Å². The van der Waals surface area contributed by atoms with Crippen LogP contribution in [0.5, 0.6) is 0 Å². The van der Waals surface area contributed by atoms with Gasteiger partial charge >= 0.3 is 12.0 Å². The van der Waals surface area contributed by atoms with Crippen LogP contribution in [0.1, 0.15) is 46.0 Å². The summed E-state index contributed by atoms with van der Waals surface area (Å²) >= 11 is 0. The molecule has 0 saturated carbocycles. The minimum absolute atomic E-state index is 0.0725. The zero-order valence-corrected chi connectivity index (χ0v) is 11.1. The van der Waals surface area contributed by atoms with E-state index in [-0.39, 0.29) is 18.1 Å². The number of hydrogen-bond donors (Lipinski definition) is 1. The maximum atomic E-state index is 12.5. The number of carboxylic acid groups (broad SMARTS) is 1. The van der Waals surface area contributed by atoms with Crippen molar-refractivity contribution in [1.82, 2.24) is 9.80 Å². The molecule has 5 heteroatoms. The normalized spacial score (nSPS) is 32.0. The van der Waals surface area contributed by atoms with Crippen LogP contribution in [0, 0.1) is 0 Å². The lowest BCUT2D eigenvalue weighted by molar-refractivity contribution is -0.141. The van der Waals surface area contributed by atoms with Crippen molar-refractivity contribution in [2.75, 3.05) is 6.54 Å². The molecule has 0 aromatic rings. The Morgan fingerprint density at radius 2 is 2.00 bits per heavy atom. The summed E-state index contributed by atoms with van der Waals surface area (Å²) in [4.78, 5) is 27.1. The van der Waals surface area contributed by atoms with Crippen LogP contribution in [-0.2, 0) is 4.79 Å². The molecule has 2 amide bonds. The predicted molar refractivity (Wildman–Crippen MR) is 67.4 cm³/mol. The number of carbonyl (C=O) groups is 2. The summed E-state index contributed by atoms with van der Waals surface area (Å²) in [6.45, 7) is 4.72. The molecule has 2 fully saturated rings. The van der Waals surface area contributed by atoms with E-state index in [2.05, 4.69) is 13.8 Å². The molecular formula is C13H22N2O3. The fraction of sp³-hybridized carbons (Fsp3) is 0.846. The first-order chi connectivity index (χ1) is 8.56. The smallest absolute Gasteiger partial charge is 0.326 e. The summed E-state index contributed by atoms with van der Waals surface area (Å²) in [5.41, 5.74) is 0. The molecule has 0 bridgehead atoms. The zero-order valence-electron chi connectivity index (χ0n) is 11.1. The van der Waals surface area contributed by atoms with E-state index in [9.17, 15) is 9.59 Å². The minimum Gasteiger partial charge on any atom is -0.480 e. The second kappa shape index (κ2) is 5.16. The average Bonchev–Trinajstić information content (AvgIpc) is 2.94. The molecule has 2 saturated heterocycles. The maximum absolute atomic E-state index is 12.5. The van der Waals surface area contributed by atoms with E-state index in [1.165, 1.54) is 0 Å². The van der Waals surface area contributed by atoms with E-state index >= 15 is 0 Å². The summed E-state index contributed by atoms with van der Waals surface area (Å²) < 4.78 is 0. The SMILES string of the molecule is CCC1CCC(C)N1C(=O)N1CCC[C@@H]1C(=O)O. The Balaban J connectivity index is 2.12. The molecule has 18 heavy (non-hydrogen) atoms. The number of rotatable bonds is 2. The van der Waals surface area contributed by atoms with Crippen LogP contribution in [0.15, 0.2) is 0 Å². The van der Waals surface area contributed by atoms with Gasteiger partial charge in [-0.25, -0.2) is 9.59 Å². The molecule has 2 aliphatic heterocycles. The minimum atomic E-state index is -0.874. The fourth-order valence-electron chi connectivity index (χ4n) is 3.22. The number of carboxylic acids is 1. The highest BCUT2D eigenvalue weighted by molar-refractivity contribution is 5.83. The molecule has 0 aromatic heterocycles. The number of urea groups is 1. The molecule has 0 radical (unpaired) electrons. The third kappa shape index (κ3) is 2.18. The second-order valence-electron chi connectivity index (χ2n) is 5.37. The number of likely N-dealkylation sites (tertiary alicyclic amines) is 2. The van der Waals surface area contributed by atoms with Gasteiger partial charge in [0.15, 0.2) is 0 Å². The van der Waals surface area contributed by atoms with Gasteiger partial charge in [-0.05, 0) is 39.0 Å². The Bertz CT molecular complexity index is 345. The standard InChI is InChI=1S/C13H22N2O3/c1-3-10-7-6-9(2)15(10)13(18)14-8-4-5-11(14)12(16)17/h9-11H,3-8H2,1-2H3,(H,16,17)/t9?,10?,11-/m1/s1. The van der Waals surface area contributed by atoms with Crippen molar-refractivity contribution in [1.29, 1.82) is 0 Å². The molecule has 102 valence electrons. The van der Waals surface area contributed by atoms with Gasteiger partial charge in [-0.1, -0.05) is 6.92 Å². The number of amides is 2. The summed E-state index contributed by atoms with van der Waals surface area (Å²) in [5.74, 6) is -0.874. The van der Waals surface area contributed by atoms with Crippen molar-refractivity contribution in [3.05, 3.63) is 0 Å². The van der Waals surface area contributed by atoms with Crippen molar-refractivity contribution < 1.29 is 14.7 Å². The summed E-state index contributed by atoms with van der Waals surface area (Å²) in [5, 5.41) is 9.15. The third-order valence-electron chi connectivity index (χ3n) is 4.26. The van der Waals surface area contributed by atoms with Gasteiger partial charge in [0.2, 0.25) is 0 Å². The van der Waals surface area contributed by atoms with Gasteiger partial charge in [-0.3, -0.25) is 0 Å². The van der Waals surface area contributed by atoms with Gasteiger partial charge in [-0.15, -0.1) is 0 Å². The first-order valence-electron chi connectivity index (χ1n) is 6.88. The summed E-state index contributed by atoms with van der Waals surface area (Å²) in [7, 11) is 0. The highest BCUT2D eigenvalue weighted by Crippen LogP contribution is 2.29. The number of carbonyl (C=O) groups excluding carboxylic acids is 1. The van der Waals surface area contributed by atoms with E-state index in [0.717, 1.165) is 25.7 Å². The van der Waals surface area contributed by atoms with Gasteiger partial charge in [0, 0.05) is 18.6 Å². The van der Waals surface area contributed by atoms with Crippen LogP contribution in [0.2, 0.25) is 0 Å². The van der Waals surface area contributed by atoms with E-state index in [0.29, 0.717) is 13.0 Å². The van der Waals surface area contributed by atoms with Crippen molar-refractivity contribution in [2.24, 2.45) is 0 Å². The lowest BCUT2D eigenvalue weighted by Crippen LogP contribution is -2.51. The molecule has 0 spiro atoms. The average molecular weight is 254 g/mol. The number of aliphatic carboxylic acids is 1. The molecule has 5 nitrogen and oxygen atoms in total. The van der Waals surface area contributed by atoms with Gasteiger partial charge in [0.05, 0.1) is 0 Å². The highest BCUT2D eigenvalue weighted by Gasteiger charge is 2.41. The van der Waals surface area contributed by atoms with Crippen LogP contribution in [0.4, 0.5) is 4.79 Å². The fourth-order valence-corrected chi connectivity index (χ4v) is 3.22. The van der Waals surface area contributed by atoms with Gasteiger partial charge in [-0.2, -0.15) is 0 Å². The van der Waals surface area contributed by atoms with Gasteiger partial charge in [0.25, 0.3) is 0 Å². The van der Waals surface area contributed by atoms with Crippen LogP contribution in [0.25, 0.3) is 0 Å². The predicted octanol–water partition coefficient (Wildman–Crippen LogP) is 1.92. The van der Waals surface area contributed by atoms with Crippen LogP contribution in [0.3, 0.4) is 0 Å². The second-order valence-corrected chi connectivity index (χ2v) is 5.37. The van der Waals surface area contributed by atoms with Gasteiger partial charge < -0.3 is 14.9 Å². The Kier molecular flexibility index (Phi) is 3.78. The van der Waals surface area contributed by atoms with E-state index < -0.39 is 12.0 Å². The summed E-state index contributed by atoms with van der Waals surface area (Å²) in [6, 6.07) is -0.181. The van der Waals surface area contributed by atoms with Crippen molar-refractivity contribution in [3.8, 4) is 0 Å². The first kappa shape index (κ1) is 13.2.